The van der Waals surface area contributed by atoms with E-state index in [0.29, 0.717) is 11.6 Å². The first-order valence-electron chi connectivity index (χ1n) is 7.10. The van der Waals surface area contributed by atoms with E-state index in [0.717, 1.165) is 37.1 Å². The molecule has 1 atom stereocenters. The van der Waals surface area contributed by atoms with E-state index in [2.05, 4.69) is 9.97 Å². The first-order chi connectivity index (χ1) is 9.85. The third kappa shape index (κ3) is 6.31. The summed E-state index contributed by atoms with van der Waals surface area (Å²) >= 11 is 1.48. The quantitative estimate of drug-likeness (QED) is 0.364. The lowest BCUT2D eigenvalue weighted by molar-refractivity contribution is -0.142. The number of hydrogen-bond acceptors (Lipinski definition) is 5. The van der Waals surface area contributed by atoms with Crippen molar-refractivity contribution in [3.8, 4) is 0 Å². The number of hydrogen-bond donors (Lipinski definition) is 3. The van der Waals surface area contributed by atoms with E-state index in [4.69, 9.17) is 10.8 Å². The van der Waals surface area contributed by atoms with Gasteiger partial charge >= 0.3 is 5.97 Å². The molecule has 0 aliphatic carbocycles. The summed E-state index contributed by atoms with van der Waals surface area (Å²) in [6.45, 7) is 3.57. The molecule has 0 aliphatic rings. The number of carboxylic acids is 1. The van der Waals surface area contributed by atoms with Crippen LogP contribution >= 0.6 is 11.8 Å². The maximum Gasteiger partial charge on any atom is 0.323 e. The van der Waals surface area contributed by atoms with Gasteiger partial charge in [0, 0.05) is 17.5 Å². The predicted molar refractivity (Wildman–Crippen MR) is 83.7 cm³/mol. The summed E-state index contributed by atoms with van der Waals surface area (Å²) in [6, 6.07) is 1.53. The molecule has 0 saturated carbocycles. The first-order valence-corrected chi connectivity index (χ1v) is 8.09. The van der Waals surface area contributed by atoms with Crippen molar-refractivity contribution in [3.05, 3.63) is 22.1 Å². The van der Waals surface area contributed by atoms with Gasteiger partial charge in [-0.15, -0.1) is 0 Å². The Bertz CT molecular complexity index is 528. The molecule has 0 aliphatic heterocycles. The first kappa shape index (κ1) is 17.7. The number of thioether (sulfide) groups is 1. The highest BCUT2D eigenvalue weighted by molar-refractivity contribution is 7.99. The number of rotatable bonds is 9. The highest BCUT2D eigenvalue weighted by Crippen LogP contribution is 2.17. The van der Waals surface area contributed by atoms with Crippen LogP contribution in [0.2, 0.25) is 0 Å². The second kappa shape index (κ2) is 8.19. The molecule has 0 spiro atoms. The van der Waals surface area contributed by atoms with Crippen LogP contribution in [0, 0.1) is 0 Å². The van der Waals surface area contributed by atoms with Crippen LogP contribution in [-0.2, 0) is 11.2 Å². The molecule has 0 fully saturated rings. The molecule has 0 aromatic carbocycles. The molecule has 1 unspecified atom stereocenters. The number of nitrogens with one attached hydrogen (secondary N) is 1. The number of aryl methyl sites for hydroxylation is 1. The summed E-state index contributed by atoms with van der Waals surface area (Å²) in [5.41, 5.74) is 5.17. The zero-order chi connectivity index (χ0) is 15.9. The third-order valence-electron chi connectivity index (χ3n) is 3.10. The van der Waals surface area contributed by atoms with Crippen molar-refractivity contribution in [2.24, 2.45) is 5.73 Å². The van der Waals surface area contributed by atoms with Crippen LogP contribution in [0.5, 0.6) is 0 Å². The maximum atomic E-state index is 11.5. The van der Waals surface area contributed by atoms with Crippen LogP contribution < -0.4 is 11.3 Å². The number of carboxylic acid groups (broad SMARTS) is 1. The Kier molecular flexibility index (Phi) is 6.91. The molecule has 4 N–H and O–H groups in total. The van der Waals surface area contributed by atoms with E-state index in [1.807, 2.05) is 6.92 Å². The number of nitrogens with two attached hydrogens (primary N) is 1. The number of nitrogens with zero attached hydrogens (tertiary/aromatic N) is 1. The summed E-state index contributed by atoms with van der Waals surface area (Å²) in [7, 11) is 0. The van der Waals surface area contributed by atoms with Gasteiger partial charge in [0.2, 0.25) is 0 Å². The summed E-state index contributed by atoms with van der Waals surface area (Å²) in [5.74, 6) is -0.206. The number of carbonyl (C=O) groups is 1. The molecule has 1 heterocycles. The number of unbranched alkanes of at least 4 members (excludes halogenated alkanes) is 1. The van der Waals surface area contributed by atoms with Gasteiger partial charge in [0.05, 0.1) is 0 Å². The minimum atomic E-state index is -1.17. The van der Waals surface area contributed by atoms with E-state index in [1.165, 1.54) is 24.8 Å². The molecule has 1 aromatic heterocycles. The molecule has 1 aromatic rings. The molecular weight excluding hydrogens is 290 g/mol. The molecular formula is C14H23N3O3S. The summed E-state index contributed by atoms with van der Waals surface area (Å²) in [5, 5.41) is 9.53. The standard InChI is InChI=1S/C14H23N3O3S/c1-3-6-10-9-11(18)17-13(16-10)21-8-5-4-7-14(2,15)12(19)20/h9H,3-8,15H2,1-2H3,(H,19,20)(H,16,17,18). The van der Waals surface area contributed by atoms with Crippen LogP contribution in [0.3, 0.4) is 0 Å². The zero-order valence-corrected chi connectivity index (χ0v) is 13.3. The van der Waals surface area contributed by atoms with Crippen molar-refractivity contribution >= 4 is 17.7 Å². The Morgan fingerprint density at radius 1 is 1.52 bits per heavy atom. The van der Waals surface area contributed by atoms with Gasteiger partial charge in [-0.1, -0.05) is 31.5 Å². The van der Waals surface area contributed by atoms with Gasteiger partial charge in [-0.3, -0.25) is 9.59 Å². The van der Waals surface area contributed by atoms with Gasteiger partial charge in [0.1, 0.15) is 5.54 Å². The van der Waals surface area contributed by atoms with Crippen LogP contribution in [0.1, 0.15) is 45.2 Å². The molecule has 0 amide bonds. The smallest absolute Gasteiger partial charge is 0.323 e. The van der Waals surface area contributed by atoms with Gasteiger partial charge in [0.25, 0.3) is 5.56 Å². The summed E-state index contributed by atoms with van der Waals surface area (Å²) in [4.78, 5) is 29.4. The SMILES string of the molecule is CCCc1cc(=O)[nH]c(SCCCCC(C)(N)C(=O)O)n1. The van der Waals surface area contributed by atoms with Crippen LogP contribution in [0.15, 0.2) is 16.0 Å². The average Bonchev–Trinajstić information content (AvgIpc) is 2.37. The molecule has 1 rings (SSSR count). The van der Waals surface area contributed by atoms with E-state index >= 15 is 0 Å². The Balaban J connectivity index is 2.39. The molecule has 0 radical (unpaired) electrons. The molecule has 0 bridgehead atoms. The van der Waals surface area contributed by atoms with Crippen LogP contribution in [0.25, 0.3) is 0 Å². The fourth-order valence-corrected chi connectivity index (χ4v) is 2.70. The second-order valence-electron chi connectivity index (χ2n) is 5.32. The Labute approximate surface area is 128 Å². The Morgan fingerprint density at radius 2 is 2.24 bits per heavy atom. The van der Waals surface area contributed by atoms with Crippen molar-refractivity contribution in [2.45, 2.75) is 56.6 Å². The van der Waals surface area contributed by atoms with Crippen molar-refractivity contribution < 1.29 is 9.90 Å². The van der Waals surface area contributed by atoms with E-state index in [1.54, 1.807) is 0 Å². The lowest BCUT2D eigenvalue weighted by Gasteiger charge is -2.18. The fraction of sp³-hybridized carbons (Fsp3) is 0.643. The largest absolute Gasteiger partial charge is 0.480 e. The van der Waals surface area contributed by atoms with Crippen molar-refractivity contribution in [1.29, 1.82) is 0 Å². The number of H-pyrrole nitrogens is 1. The molecule has 6 nitrogen and oxygen atoms in total. The lowest BCUT2D eigenvalue weighted by Crippen LogP contribution is -2.44. The number of aliphatic carboxylic acids is 1. The molecule has 0 saturated heterocycles. The minimum absolute atomic E-state index is 0.128. The fourth-order valence-electron chi connectivity index (χ4n) is 1.81. The van der Waals surface area contributed by atoms with Crippen molar-refractivity contribution in [2.75, 3.05) is 5.75 Å². The van der Waals surface area contributed by atoms with Crippen molar-refractivity contribution in [1.82, 2.24) is 9.97 Å². The molecule has 118 valence electrons. The highest BCUT2D eigenvalue weighted by atomic mass is 32.2. The maximum absolute atomic E-state index is 11.5. The normalized spacial score (nSPS) is 13.9. The lowest BCUT2D eigenvalue weighted by atomic mass is 9.97. The Morgan fingerprint density at radius 3 is 2.86 bits per heavy atom. The summed E-state index contributed by atoms with van der Waals surface area (Å²) in [6.07, 6.45) is 3.73. The van der Waals surface area contributed by atoms with E-state index < -0.39 is 11.5 Å². The van der Waals surface area contributed by atoms with E-state index in [-0.39, 0.29) is 5.56 Å². The second-order valence-corrected chi connectivity index (χ2v) is 6.40. The predicted octanol–water partition coefficient (Wildman–Crippen LogP) is 1.79. The topological polar surface area (TPSA) is 109 Å². The van der Waals surface area contributed by atoms with Gasteiger partial charge in [-0.05, 0) is 26.2 Å². The van der Waals surface area contributed by atoms with Gasteiger partial charge in [-0.25, -0.2) is 4.98 Å². The molecule has 7 heteroatoms. The molecule has 21 heavy (non-hydrogen) atoms. The number of aromatic amines is 1. The van der Waals surface area contributed by atoms with Gasteiger partial charge < -0.3 is 15.8 Å². The zero-order valence-electron chi connectivity index (χ0n) is 12.5. The van der Waals surface area contributed by atoms with Crippen LogP contribution in [-0.4, -0.2) is 32.3 Å². The Hall–Kier alpha value is -1.34. The highest BCUT2D eigenvalue weighted by Gasteiger charge is 2.26. The average molecular weight is 313 g/mol. The number of aromatic nitrogens is 2. The van der Waals surface area contributed by atoms with Gasteiger partial charge in [0.15, 0.2) is 5.16 Å². The van der Waals surface area contributed by atoms with E-state index in [9.17, 15) is 9.59 Å². The third-order valence-corrected chi connectivity index (χ3v) is 4.06. The summed E-state index contributed by atoms with van der Waals surface area (Å²) < 4.78 is 0. The minimum Gasteiger partial charge on any atom is -0.480 e. The van der Waals surface area contributed by atoms with Crippen LogP contribution in [0.4, 0.5) is 0 Å². The van der Waals surface area contributed by atoms with Crippen molar-refractivity contribution in [3.63, 3.8) is 0 Å². The van der Waals surface area contributed by atoms with Gasteiger partial charge in [-0.2, -0.15) is 0 Å². The monoisotopic (exact) mass is 313 g/mol.